The summed E-state index contributed by atoms with van der Waals surface area (Å²) in [6, 6.07) is 4.38. The van der Waals surface area contributed by atoms with Crippen LogP contribution < -0.4 is 5.73 Å². The molecule has 0 atom stereocenters. The molecule has 3 nitrogen and oxygen atoms in total. The summed E-state index contributed by atoms with van der Waals surface area (Å²) in [6.07, 6.45) is 0. The van der Waals surface area contributed by atoms with E-state index in [1.165, 1.54) is 12.1 Å². The smallest absolute Gasteiger partial charge is 0.174 e. The minimum absolute atomic E-state index is 0.0515. The SMILES string of the molecule is Cc1cc(C(=O)C2(CN)COC2)ccc1F. The molecule has 1 fully saturated rings. The van der Waals surface area contributed by atoms with E-state index in [0.29, 0.717) is 24.3 Å². The second-order valence-electron chi connectivity index (χ2n) is 4.27. The topological polar surface area (TPSA) is 52.3 Å². The van der Waals surface area contributed by atoms with Crippen LogP contribution in [0.25, 0.3) is 0 Å². The van der Waals surface area contributed by atoms with Crippen LogP contribution >= 0.6 is 0 Å². The van der Waals surface area contributed by atoms with Crippen LogP contribution in [0.3, 0.4) is 0 Å². The Balaban J connectivity index is 2.30. The van der Waals surface area contributed by atoms with Gasteiger partial charge in [0, 0.05) is 12.1 Å². The summed E-state index contributed by atoms with van der Waals surface area (Å²) in [7, 11) is 0. The van der Waals surface area contributed by atoms with Gasteiger partial charge in [0.15, 0.2) is 5.78 Å². The summed E-state index contributed by atoms with van der Waals surface area (Å²) >= 11 is 0. The second kappa shape index (κ2) is 3.96. The van der Waals surface area contributed by atoms with Gasteiger partial charge in [-0.3, -0.25) is 4.79 Å². The van der Waals surface area contributed by atoms with E-state index < -0.39 is 5.41 Å². The Morgan fingerprint density at radius 1 is 1.56 bits per heavy atom. The van der Waals surface area contributed by atoms with Crippen molar-refractivity contribution < 1.29 is 13.9 Å². The third-order valence-electron chi connectivity index (χ3n) is 3.05. The average molecular weight is 223 g/mol. The minimum Gasteiger partial charge on any atom is -0.379 e. The van der Waals surface area contributed by atoms with E-state index in [9.17, 15) is 9.18 Å². The number of Topliss-reactive ketones (excluding diaryl/α,β-unsaturated/α-hetero) is 1. The fraction of sp³-hybridized carbons (Fsp3) is 0.417. The summed E-state index contributed by atoms with van der Waals surface area (Å²) in [5, 5.41) is 0. The third-order valence-corrected chi connectivity index (χ3v) is 3.05. The maximum Gasteiger partial charge on any atom is 0.174 e. The summed E-state index contributed by atoms with van der Waals surface area (Å²) in [6.45, 7) is 2.62. The van der Waals surface area contributed by atoms with Gasteiger partial charge in [-0.25, -0.2) is 4.39 Å². The maximum absolute atomic E-state index is 13.1. The van der Waals surface area contributed by atoms with Crippen LogP contribution in [0.1, 0.15) is 15.9 Å². The van der Waals surface area contributed by atoms with Gasteiger partial charge in [0.05, 0.1) is 18.6 Å². The summed E-state index contributed by atoms with van der Waals surface area (Å²) in [5.41, 5.74) is 5.98. The largest absolute Gasteiger partial charge is 0.379 e. The zero-order chi connectivity index (χ0) is 11.8. The fourth-order valence-electron chi connectivity index (χ4n) is 1.78. The van der Waals surface area contributed by atoms with Crippen molar-refractivity contribution in [2.24, 2.45) is 11.1 Å². The predicted molar refractivity (Wildman–Crippen MR) is 57.8 cm³/mol. The molecule has 2 rings (SSSR count). The van der Waals surface area contributed by atoms with Crippen LogP contribution in [0.5, 0.6) is 0 Å². The molecule has 0 amide bonds. The van der Waals surface area contributed by atoms with Gasteiger partial charge in [-0.15, -0.1) is 0 Å². The van der Waals surface area contributed by atoms with Crippen molar-refractivity contribution in [2.45, 2.75) is 6.92 Å². The van der Waals surface area contributed by atoms with E-state index in [0.717, 1.165) is 0 Å². The van der Waals surface area contributed by atoms with Crippen molar-refractivity contribution in [1.29, 1.82) is 0 Å². The highest BCUT2D eigenvalue weighted by Gasteiger charge is 2.44. The lowest BCUT2D eigenvalue weighted by Crippen LogP contribution is -2.54. The number of rotatable bonds is 3. The Morgan fingerprint density at radius 3 is 2.69 bits per heavy atom. The van der Waals surface area contributed by atoms with Crippen LogP contribution in [0, 0.1) is 18.2 Å². The Hall–Kier alpha value is -1.26. The van der Waals surface area contributed by atoms with E-state index in [2.05, 4.69) is 0 Å². The summed E-state index contributed by atoms with van der Waals surface area (Å²) in [5.74, 6) is -0.354. The highest BCUT2D eigenvalue weighted by atomic mass is 19.1. The van der Waals surface area contributed by atoms with Crippen molar-refractivity contribution in [2.75, 3.05) is 19.8 Å². The maximum atomic E-state index is 13.1. The molecular formula is C12H14FNO2. The number of nitrogens with two attached hydrogens (primary N) is 1. The van der Waals surface area contributed by atoms with Gasteiger partial charge in [-0.2, -0.15) is 0 Å². The Bertz CT molecular complexity index is 422. The van der Waals surface area contributed by atoms with Crippen LogP contribution in [0.4, 0.5) is 4.39 Å². The molecule has 1 aliphatic rings. The van der Waals surface area contributed by atoms with Crippen molar-refractivity contribution in [3.8, 4) is 0 Å². The molecular weight excluding hydrogens is 209 g/mol. The highest BCUT2D eigenvalue weighted by molar-refractivity contribution is 6.01. The predicted octanol–water partition coefficient (Wildman–Crippen LogP) is 1.29. The second-order valence-corrected chi connectivity index (χ2v) is 4.27. The molecule has 1 saturated heterocycles. The van der Waals surface area contributed by atoms with Crippen LogP contribution in [-0.2, 0) is 4.74 Å². The third kappa shape index (κ3) is 1.64. The van der Waals surface area contributed by atoms with E-state index in [1.54, 1.807) is 13.0 Å². The van der Waals surface area contributed by atoms with E-state index >= 15 is 0 Å². The zero-order valence-electron chi connectivity index (χ0n) is 9.13. The number of ketones is 1. The Kier molecular flexibility index (Phi) is 2.78. The number of hydrogen-bond donors (Lipinski definition) is 1. The van der Waals surface area contributed by atoms with Crippen LogP contribution in [0.2, 0.25) is 0 Å². The monoisotopic (exact) mass is 223 g/mol. The van der Waals surface area contributed by atoms with Crippen molar-refractivity contribution >= 4 is 5.78 Å². The number of carbonyl (C=O) groups excluding carboxylic acids is 1. The molecule has 0 bridgehead atoms. The fourth-order valence-corrected chi connectivity index (χ4v) is 1.78. The van der Waals surface area contributed by atoms with Crippen LogP contribution in [-0.4, -0.2) is 25.5 Å². The molecule has 86 valence electrons. The van der Waals surface area contributed by atoms with Crippen molar-refractivity contribution in [3.05, 3.63) is 35.1 Å². The van der Waals surface area contributed by atoms with E-state index in [-0.39, 0.29) is 18.1 Å². The first-order valence-electron chi connectivity index (χ1n) is 5.18. The van der Waals surface area contributed by atoms with Gasteiger partial charge in [-0.1, -0.05) is 0 Å². The number of halogens is 1. The molecule has 1 aliphatic heterocycles. The molecule has 4 heteroatoms. The van der Waals surface area contributed by atoms with Gasteiger partial charge in [0.1, 0.15) is 5.82 Å². The Labute approximate surface area is 93.4 Å². The van der Waals surface area contributed by atoms with E-state index in [4.69, 9.17) is 10.5 Å². The van der Waals surface area contributed by atoms with E-state index in [1.807, 2.05) is 0 Å². The quantitative estimate of drug-likeness (QED) is 0.786. The molecule has 16 heavy (non-hydrogen) atoms. The molecule has 1 aromatic carbocycles. The Morgan fingerprint density at radius 2 is 2.25 bits per heavy atom. The minimum atomic E-state index is -0.593. The number of hydrogen-bond acceptors (Lipinski definition) is 3. The highest BCUT2D eigenvalue weighted by Crippen LogP contribution is 2.30. The number of benzene rings is 1. The van der Waals surface area contributed by atoms with Gasteiger partial charge in [-0.05, 0) is 30.7 Å². The first kappa shape index (κ1) is 11.2. The first-order valence-corrected chi connectivity index (χ1v) is 5.18. The lowest BCUT2D eigenvalue weighted by atomic mass is 9.78. The number of ether oxygens (including phenoxy) is 1. The first-order chi connectivity index (χ1) is 7.59. The summed E-state index contributed by atoms with van der Waals surface area (Å²) in [4.78, 5) is 12.2. The standard InChI is InChI=1S/C12H14FNO2/c1-8-4-9(2-3-10(8)13)11(15)12(5-14)6-16-7-12/h2-4H,5-7,14H2,1H3. The molecule has 2 N–H and O–H groups in total. The molecule has 0 radical (unpaired) electrons. The number of aryl methyl sites for hydroxylation is 1. The normalized spacial score (nSPS) is 17.9. The van der Waals surface area contributed by atoms with Gasteiger partial charge in [0.25, 0.3) is 0 Å². The molecule has 1 heterocycles. The lowest BCUT2D eigenvalue weighted by Gasteiger charge is -2.38. The van der Waals surface area contributed by atoms with Gasteiger partial charge in [0.2, 0.25) is 0 Å². The van der Waals surface area contributed by atoms with Crippen molar-refractivity contribution in [3.63, 3.8) is 0 Å². The zero-order valence-corrected chi connectivity index (χ0v) is 9.13. The van der Waals surface area contributed by atoms with Gasteiger partial charge < -0.3 is 10.5 Å². The lowest BCUT2D eigenvalue weighted by molar-refractivity contribution is -0.0816. The van der Waals surface area contributed by atoms with Crippen LogP contribution in [0.15, 0.2) is 18.2 Å². The molecule has 0 aliphatic carbocycles. The summed E-state index contributed by atoms with van der Waals surface area (Å²) < 4.78 is 18.1. The molecule has 0 spiro atoms. The van der Waals surface area contributed by atoms with Gasteiger partial charge >= 0.3 is 0 Å². The molecule has 0 aromatic heterocycles. The average Bonchev–Trinajstić information content (AvgIpc) is 2.21. The molecule has 0 saturated carbocycles. The molecule has 1 aromatic rings. The van der Waals surface area contributed by atoms with Crippen molar-refractivity contribution in [1.82, 2.24) is 0 Å². The number of carbonyl (C=O) groups is 1. The molecule has 0 unspecified atom stereocenters.